The average molecular weight is 277 g/mol. The smallest absolute Gasteiger partial charge is 0.255 e. The van der Waals surface area contributed by atoms with Crippen LogP contribution >= 0.6 is 0 Å². The molecule has 2 heterocycles. The van der Waals surface area contributed by atoms with Crippen LogP contribution in [0, 0.1) is 5.82 Å². The molecule has 0 bridgehead atoms. The van der Waals surface area contributed by atoms with E-state index in [0.717, 1.165) is 6.20 Å². The highest BCUT2D eigenvalue weighted by atomic mass is 19.1. The van der Waals surface area contributed by atoms with Gasteiger partial charge in [0.2, 0.25) is 0 Å². The van der Waals surface area contributed by atoms with Crippen molar-refractivity contribution in [2.45, 2.75) is 13.5 Å². The Balaban J connectivity index is 1.99. The van der Waals surface area contributed by atoms with Crippen LogP contribution in [0.2, 0.25) is 0 Å². The first-order valence-corrected chi connectivity index (χ1v) is 6.34. The molecule has 0 aliphatic rings. The van der Waals surface area contributed by atoms with E-state index < -0.39 is 5.82 Å². The van der Waals surface area contributed by atoms with E-state index in [1.54, 1.807) is 18.7 Å². The van der Waals surface area contributed by atoms with Gasteiger partial charge in [-0.05, 0) is 13.0 Å². The van der Waals surface area contributed by atoms with Crippen molar-refractivity contribution in [1.82, 2.24) is 19.9 Å². The Bertz CT molecular complexity index is 570. The summed E-state index contributed by atoms with van der Waals surface area (Å²) in [5.41, 5.74) is 0.206. The van der Waals surface area contributed by atoms with Crippen LogP contribution in [0.5, 0.6) is 0 Å². The van der Waals surface area contributed by atoms with Crippen molar-refractivity contribution in [2.24, 2.45) is 0 Å². The van der Waals surface area contributed by atoms with Crippen LogP contribution in [0.25, 0.3) is 0 Å². The zero-order valence-electron chi connectivity index (χ0n) is 11.1. The molecule has 20 heavy (non-hydrogen) atoms. The number of pyridine rings is 1. The summed E-state index contributed by atoms with van der Waals surface area (Å²) in [6.45, 7) is 3.52. The number of carbonyl (C=O) groups is 1. The predicted octanol–water partition coefficient (Wildman–Crippen LogP) is 1.28. The number of halogens is 1. The quantitative estimate of drug-likeness (QED) is 0.834. The monoisotopic (exact) mass is 277 g/mol. The van der Waals surface area contributed by atoms with Gasteiger partial charge in [-0.2, -0.15) is 0 Å². The fourth-order valence-corrected chi connectivity index (χ4v) is 1.73. The second-order valence-corrected chi connectivity index (χ2v) is 4.14. The second-order valence-electron chi connectivity index (χ2n) is 4.14. The SMILES string of the molecule is CCNc1ncc(F)cc1C(=O)NCCn1ccnc1. The molecule has 0 aliphatic heterocycles. The largest absolute Gasteiger partial charge is 0.370 e. The molecule has 0 atom stereocenters. The fourth-order valence-electron chi connectivity index (χ4n) is 1.73. The Labute approximate surface area is 116 Å². The van der Waals surface area contributed by atoms with Crippen LogP contribution < -0.4 is 10.6 Å². The van der Waals surface area contributed by atoms with E-state index in [1.807, 2.05) is 11.5 Å². The Morgan fingerprint density at radius 3 is 3.05 bits per heavy atom. The third-order valence-electron chi connectivity index (χ3n) is 2.66. The van der Waals surface area contributed by atoms with Crippen molar-refractivity contribution in [1.29, 1.82) is 0 Å². The molecule has 0 spiro atoms. The van der Waals surface area contributed by atoms with Crippen molar-refractivity contribution >= 4 is 11.7 Å². The molecule has 0 saturated heterocycles. The number of aromatic nitrogens is 3. The van der Waals surface area contributed by atoms with Gasteiger partial charge in [-0.1, -0.05) is 0 Å². The molecule has 2 N–H and O–H groups in total. The topological polar surface area (TPSA) is 71.8 Å². The summed E-state index contributed by atoms with van der Waals surface area (Å²) < 4.78 is 15.1. The molecule has 2 rings (SSSR count). The minimum atomic E-state index is -0.536. The maximum absolute atomic E-state index is 13.2. The second kappa shape index (κ2) is 6.65. The first-order valence-electron chi connectivity index (χ1n) is 6.34. The zero-order valence-corrected chi connectivity index (χ0v) is 11.1. The molecular weight excluding hydrogens is 261 g/mol. The summed E-state index contributed by atoms with van der Waals surface area (Å²) in [5, 5.41) is 5.66. The van der Waals surface area contributed by atoms with Crippen LogP contribution in [-0.4, -0.2) is 33.5 Å². The van der Waals surface area contributed by atoms with Gasteiger partial charge in [0, 0.05) is 32.0 Å². The summed E-state index contributed by atoms with van der Waals surface area (Å²) >= 11 is 0. The number of imidazole rings is 1. The Morgan fingerprint density at radius 2 is 2.35 bits per heavy atom. The van der Waals surface area contributed by atoms with E-state index >= 15 is 0 Å². The fraction of sp³-hybridized carbons (Fsp3) is 0.308. The summed E-state index contributed by atoms with van der Waals surface area (Å²) in [4.78, 5) is 19.8. The van der Waals surface area contributed by atoms with E-state index in [-0.39, 0.29) is 11.5 Å². The summed E-state index contributed by atoms with van der Waals surface area (Å²) in [5.74, 6) is -0.506. The van der Waals surface area contributed by atoms with Gasteiger partial charge in [0.1, 0.15) is 11.6 Å². The van der Waals surface area contributed by atoms with Crippen molar-refractivity contribution in [3.63, 3.8) is 0 Å². The molecule has 0 radical (unpaired) electrons. The van der Waals surface area contributed by atoms with Crippen molar-refractivity contribution in [3.8, 4) is 0 Å². The minimum absolute atomic E-state index is 0.206. The van der Waals surface area contributed by atoms with E-state index in [0.29, 0.717) is 25.5 Å². The van der Waals surface area contributed by atoms with Crippen molar-refractivity contribution < 1.29 is 9.18 Å². The van der Waals surface area contributed by atoms with E-state index in [1.165, 1.54) is 6.07 Å². The van der Waals surface area contributed by atoms with Gasteiger partial charge < -0.3 is 15.2 Å². The Hall–Kier alpha value is -2.44. The Kier molecular flexibility index (Phi) is 4.65. The zero-order chi connectivity index (χ0) is 14.4. The number of anilines is 1. The highest BCUT2D eigenvalue weighted by molar-refractivity contribution is 5.98. The lowest BCUT2D eigenvalue weighted by atomic mass is 10.2. The maximum Gasteiger partial charge on any atom is 0.255 e. The molecule has 6 nitrogen and oxygen atoms in total. The molecule has 0 fully saturated rings. The molecule has 106 valence electrons. The lowest BCUT2D eigenvalue weighted by Crippen LogP contribution is -2.28. The number of rotatable bonds is 6. The third-order valence-corrected chi connectivity index (χ3v) is 2.66. The minimum Gasteiger partial charge on any atom is -0.370 e. The number of carbonyl (C=O) groups excluding carboxylic acids is 1. The number of hydrogen-bond donors (Lipinski definition) is 2. The standard InChI is InChI=1S/C13H16FN5O/c1-2-16-12-11(7-10(14)8-18-12)13(20)17-4-6-19-5-3-15-9-19/h3,5,7-9H,2,4,6H2,1H3,(H,16,18)(H,17,20). The van der Waals surface area contributed by atoms with E-state index in [2.05, 4.69) is 20.6 Å². The van der Waals surface area contributed by atoms with Gasteiger partial charge in [-0.15, -0.1) is 0 Å². The van der Waals surface area contributed by atoms with Crippen molar-refractivity contribution in [3.05, 3.63) is 42.4 Å². The van der Waals surface area contributed by atoms with Gasteiger partial charge >= 0.3 is 0 Å². The van der Waals surface area contributed by atoms with E-state index in [9.17, 15) is 9.18 Å². The molecule has 0 aromatic carbocycles. The van der Waals surface area contributed by atoms with Crippen LogP contribution in [0.1, 0.15) is 17.3 Å². The molecular formula is C13H16FN5O. The van der Waals surface area contributed by atoms with Crippen LogP contribution in [0.4, 0.5) is 10.2 Å². The number of hydrogen-bond acceptors (Lipinski definition) is 4. The predicted molar refractivity (Wildman–Crippen MR) is 72.9 cm³/mol. The Morgan fingerprint density at radius 1 is 1.50 bits per heavy atom. The molecule has 2 aromatic rings. The van der Waals surface area contributed by atoms with Gasteiger partial charge in [0.15, 0.2) is 0 Å². The molecule has 0 unspecified atom stereocenters. The molecule has 2 aromatic heterocycles. The van der Waals surface area contributed by atoms with Gasteiger partial charge in [0.25, 0.3) is 5.91 Å². The summed E-state index contributed by atoms with van der Waals surface area (Å²) in [6.07, 6.45) is 6.22. The average Bonchev–Trinajstić information content (AvgIpc) is 2.94. The lowest BCUT2D eigenvalue weighted by molar-refractivity contribution is 0.0952. The number of nitrogens with one attached hydrogen (secondary N) is 2. The van der Waals surface area contributed by atoms with Gasteiger partial charge in [-0.25, -0.2) is 14.4 Å². The normalized spacial score (nSPS) is 10.3. The first-order chi connectivity index (χ1) is 9.70. The summed E-state index contributed by atoms with van der Waals surface area (Å²) in [7, 11) is 0. The number of amides is 1. The van der Waals surface area contributed by atoms with E-state index in [4.69, 9.17) is 0 Å². The molecule has 7 heteroatoms. The molecule has 1 amide bonds. The third kappa shape index (κ3) is 3.53. The van der Waals surface area contributed by atoms with Crippen molar-refractivity contribution in [2.75, 3.05) is 18.4 Å². The van der Waals surface area contributed by atoms with Crippen LogP contribution in [0.15, 0.2) is 31.0 Å². The highest BCUT2D eigenvalue weighted by Gasteiger charge is 2.13. The lowest BCUT2D eigenvalue weighted by Gasteiger charge is -2.10. The molecule has 0 saturated carbocycles. The highest BCUT2D eigenvalue weighted by Crippen LogP contribution is 2.13. The first kappa shape index (κ1) is 14.0. The summed E-state index contributed by atoms with van der Waals surface area (Å²) in [6, 6.07) is 1.18. The van der Waals surface area contributed by atoms with Gasteiger partial charge in [0.05, 0.1) is 18.1 Å². The van der Waals surface area contributed by atoms with Gasteiger partial charge in [-0.3, -0.25) is 4.79 Å². The molecule has 0 aliphatic carbocycles. The number of nitrogens with zero attached hydrogens (tertiary/aromatic N) is 3. The van der Waals surface area contributed by atoms with Crippen LogP contribution in [0.3, 0.4) is 0 Å². The maximum atomic E-state index is 13.2. The van der Waals surface area contributed by atoms with Crippen LogP contribution in [-0.2, 0) is 6.54 Å².